The van der Waals surface area contributed by atoms with Crippen molar-refractivity contribution in [1.82, 2.24) is 5.32 Å². The molecule has 4 nitrogen and oxygen atoms in total. The predicted octanol–water partition coefficient (Wildman–Crippen LogP) is 1.19. The van der Waals surface area contributed by atoms with E-state index in [9.17, 15) is 4.79 Å². The van der Waals surface area contributed by atoms with Crippen LogP contribution in [0, 0.1) is 0 Å². The number of halogens is 1. The number of carbonyl (C=O) groups is 1. The summed E-state index contributed by atoms with van der Waals surface area (Å²) in [5, 5.41) is 2.93. The van der Waals surface area contributed by atoms with Crippen molar-refractivity contribution < 1.29 is 9.53 Å². The van der Waals surface area contributed by atoms with E-state index in [0.717, 1.165) is 12.0 Å². The third-order valence-electron chi connectivity index (χ3n) is 3.11. The van der Waals surface area contributed by atoms with Crippen LogP contribution >= 0.6 is 12.4 Å². The molecule has 0 bridgehead atoms. The zero-order chi connectivity index (χ0) is 12.3. The van der Waals surface area contributed by atoms with Crippen molar-refractivity contribution in [1.29, 1.82) is 0 Å². The standard InChI is InChI=1S/C13H18N2O2.ClH/c1-13(14,10-5-3-2-4-6-10)12(16)15-11-7-8-17-9-11;/h2-6,11H,7-9,14H2,1H3,(H,15,16);1H. The van der Waals surface area contributed by atoms with Gasteiger partial charge in [-0.3, -0.25) is 4.79 Å². The van der Waals surface area contributed by atoms with E-state index in [1.165, 1.54) is 0 Å². The minimum atomic E-state index is -0.996. The average Bonchev–Trinajstić information content (AvgIpc) is 2.83. The largest absolute Gasteiger partial charge is 0.379 e. The zero-order valence-electron chi connectivity index (χ0n) is 10.4. The van der Waals surface area contributed by atoms with Crippen LogP contribution < -0.4 is 11.1 Å². The Balaban J connectivity index is 0.00000162. The molecule has 0 radical (unpaired) electrons. The first-order valence-electron chi connectivity index (χ1n) is 5.84. The van der Waals surface area contributed by atoms with Gasteiger partial charge in [0.2, 0.25) is 5.91 Å². The van der Waals surface area contributed by atoms with Gasteiger partial charge in [-0.15, -0.1) is 12.4 Å². The number of ether oxygens (including phenoxy) is 1. The zero-order valence-corrected chi connectivity index (χ0v) is 11.2. The van der Waals surface area contributed by atoms with Gasteiger partial charge in [0.15, 0.2) is 0 Å². The Hall–Kier alpha value is -1.10. The SMILES string of the molecule is CC(N)(C(=O)NC1CCOC1)c1ccccc1.Cl. The summed E-state index contributed by atoms with van der Waals surface area (Å²) in [6, 6.07) is 9.49. The molecule has 1 fully saturated rings. The van der Waals surface area contributed by atoms with Crippen LogP contribution in [0.4, 0.5) is 0 Å². The maximum Gasteiger partial charge on any atom is 0.244 e. The van der Waals surface area contributed by atoms with Crippen molar-refractivity contribution >= 4 is 18.3 Å². The van der Waals surface area contributed by atoms with Gasteiger partial charge >= 0.3 is 0 Å². The Kier molecular flexibility index (Phi) is 5.14. The van der Waals surface area contributed by atoms with Gasteiger partial charge in [0.1, 0.15) is 5.54 Å². The van der Waals surface area contributed by atoms with Crippen molar-refractivity contribution in [2.45, 2.75) is 24.9 Å². The van der Waals surface area contributed by atoms with Gasteiger partial charge in [0.25, 0.3) is 0 Å². The average molecular weight is 271 g/mol. The minimum Gasteiger partial charge on any atom is -0.379 e. The molecule has 0 spiro atoms. The van der Waals surface area contributed by atoms with Crippen LogP contribution in [-0.2, 0) is 15.1 Å². The van der Waals surface area contributed by atoms with Gasteiger partial charge in [-0.1, -0.05) is 30.3 Å². The number of carbonyl (C=O) groups excluding carboxylic acids is 1. The van der Waals surface area contributed by atoms with Crippen molar-refractivity contribution in [3.63, 3.8) is 0 Å². The maximum atomic E-state index is 12.1. The number of benzene rings is 1. The van der Waals surface area contributed by atoms with Gasteiger partial charge in [-0.25, -0.2) is 0 Å². The molecule has 5 heteroatoms. The number of rotatable bonds is 3. The molecule has 1 aliphatic heterocycles. The van der Waals surface area contributed by atoms with E-state index in [2.05, 4.69) is 5.32 Å². The van der Waals surface area contributed by atoms with Crippen molar-refractivity contribution in [3.05, 3.63) is 35.9 Å². The van der Waals surface area contributed by atoms with E-state index in [1.807, 2.05) is 30.3 Å². The summed E-state index contributed by atoms with van der Waals surface area (Å²) >= 11 is 0. The summed E-state index contributed by atoms with van der Waals surface area (Å²) in [5.41, 5.74) is 5.93. The molecule has 0 aromatic heterocycles. The second-order valence-electron chi connectivity index (χ2n) is 4.60. The molecule has 0 saturated carbocycles. The van der Waals surface area contributed by atoms with Crippen molar-refractivity contribution in [2.24, 2.45) is 5.73 Å². The highest BCUT2D eigenvalue weighted by Crippen LogP contribution is 2.18. The highest BCUT2D eigenvalue weighted by Gasteiger charge is 2.32. The Labute approximate surface area is 113 Å². The molecule has 100 valence electrons. The fourth-order valence-electron chi connectivity index (χ4n) is 1.90. The predicted molar refractivity (Wildman–Crippen MR) is 72.6 cm³/mol. The smallest absolute Gasteiger partial charge is 0.244 e. The van der Waals surface area contributed by atoms with E-state index in [-0.39, 0.29) is 24.4 Å². The lowest BCUT2D eigenvalue weighted by Crippen LogP contribution is -2.52. The van der Waals surface area contributed by atoms with E-state index in [0.29, 0.717) is 13.2 Å². The first-order valence-corrected chi connectivity index (χ1v) is 5.84. The topological polar surface area (TPSA) is 64.4 Å². The van der Waals surface area contributed by atoms with Crippen LogP contribution in [0.3, 0.4) is 0 Å². The molecule has 1 heterocycles. The highest BCUT2D eigenvalue weighted by molar-refractivity contribution is 5.87. The maximum absolute atomic E-state index is 12.1. The molecule has 2 atom stereocenters. The molecule has 1 aliphatic rings. The van der Waals surface area contributed by atoms with Crippen LogP contribution in [0.1, 0.15) is 18.9 Å². The van der Waals surface area contributed by atoms with Gasteiger partial charge in [-0.2, -0.15) is 0 Å². The Morgan fingerprint density at radius 3 is 2.67 bits per heavy atom. The van der Waals surface area contributed by atoms with Gasteiger partial charge in [-0.05, 0) is 18.9 Å². The second kappa shape index (κ2) is 6.18. The monoisotopic (exact) mass is 270 g/mol. The van der Waals surface area contributed by atoms with Crippen LogP contribution in [0.15, 0.2) is 30.3 Å². The molecular formula is C13H19ClN2O2. The summed E-state index contributed by atoms with van der Waals surface area (Å²) < 4.78 is 5.22. The fourth-order valence-corrected chi connectivity index (χ4v) is 1.90. The Morgan fingerprint density at radius 2 is 2.11 bits per heavy atom. The van der Waals surface area contributed by atoms with Crippen LogP contribution in [0.25, 0.3) is 0 Å². The van der Waals surface area contributed by atoms with Gasteiger partial charge in [0.05, 0.1) is 12.6 Å². The fraction of sp³-hybridized carbons (Fsp3) is 0.462. The van der Waals surface area contributed by atoms with Crippen LogP contribution in [0.2, 0.25) is 0 Å². The van der Waals surface area contributed by atoms with E-state index >= 15 is 0 Å². The third-order valence-corrected chi connectivity index (χ3v) is 3.11. The number of hydrogen-bond acceptors (Lipinski definition) is 3. The van der Waals surface area contributed by atoms with E-state index < -0.39 is 5.54 Å². The first kappa shape index (κ1) is 15.0. The molecule has 3 N–H and O–H groups in total. The normalized spacial score (nSPS) is 21.8. The molecule has 18 heavy (non-hydrogen) atoms. The molecule has 2 unspecified atom stereocenters. The highest BCUT2D eigenvalue weighted by atomic mass is 35.5. The van der Waals surface area contributed by atoms with E-state index in [1.54, 1.807) is 6.92 Å². The summed E-state index contributed by atoms with van der Waals surface area (Å²) in [4.78, 5) is 12.1. The van der Waals surface area contributed by atoms with Crippen molar-refractivity contribution in [3.8, 4) is 0 Å². The lowest BCUT2D eigenvalue weighted by Gasteiger charge is -2.25. The molecule has 1 saturated heterocycles. The number of amides is 1. The quantitative estimate of drug-likeness (QED) is 0.867. The number of hydrogen-bond donors (Lipinski definition) is 2. The molecular weight excluding hydrogens is 252 g/mol. The molecule has 2 rings (SSSR count). The Bertz CT molecular complexity index is 389. The van der Waals surface area contributed by atoms with Gasteiger partial charge < -0.3 is 15.8 Å². The third kappa shape index (κ3) is 3.22. The summed E-state index contributed by atoms with van der Waals surface area (Å²) in [6.07, 6.45) is 0.858. The van der Waals surface area contributed by atoms with Gasteiger partial charge in [0, 0.05) is 6.61 Å². The first-order chi connectivity index (χ1) is 8.10. The number of nitrogens with one attached hydrogen (secondary N) is 1. The minimum absolute atomic E-state index is 0. The molecule has 0 aliphatic carbocycles. The lowest BCUT2D eigenvalue weighted by molar-refractivity contribution is -0.126. The summed E-state index contributed by atoms with van der Waals surface area (Å²) in [6.45, 7) is 3.02. The van der Waals surface area contributed by atoms with Crippen molar-refractivity contribution in [2.75, 3.05) is 13.2 Å². The Morgan fingerprint density at radius 1 is 1.44 bits per heavy atom. The molecule has 1 amide bonds. The van der Waals surface area contributed by atoms with E-state index in [4.69, 9.17) is 10.5 Å². The lowest BCUT2D eigenvalue weighted by atomic mass is 9.92. The van der Waals surface area contributed by atoms with Crippen LogP contribution in [0.5, 0.6) is 0 Å². The second-order valence-corrected chi connectivity index (χ2v) is 4.60. The summed E-state index contributed by atoms with van der Waals surface area (Å²) in [7, 11) is 0. The molecule has 1 aromatic rings. The van der Waals surface area contributed by atoms with Crippen LogP contribution in [-0.4, -0.2) is 25.2 Å². The summed E-state index contributed by atoms with van der Waals surface area (Å²) in [5.74, 6) is -0.154. The molecule has 1 aromatic carbocycles. The number of nitrogens with two attached hydrogens (primary N) is 1.